The minimum Gasteiger partial charge on any atom is -0.323 e. The number of nitrogens with one attached hydrogen (secondary N) is 1. The van der Waals surface area contributed by atoms with Gasteiger partial charge in [-0.25, -0.2) is 18.1 Å². The van der Waals surface area contributed by atoms with E-state index in [1.165, 1.54) is 0 Å². The molecule has 3 rings (SSSR count). The van der Waals surface area contributed by atoms with Crippen molar-refractivity contribution in [3.63, 3.8) is 0 Å². The maximum Gasteiger partial charge on any atom is 0.211 e. The zero-order valence-corrected chi connectivity index (χ0v) is 14.5. The third-order valence-corrected chi connectivity index (χ3v) is 5.41. The van der Waals surface area contributed by atoms with Crippen LogP contribution in [-0.2, 0) is 16.6 Å². The Morgan fingerprint density at radius 2 is 1.75 bits per heavy atom. The number of para-hydroxylation sites is 2. The molecule has 0 amide bonds. The second-order valence-electron chi connectivity index (χ2n) is 5.65. The average molecular weight is 343 g/mol. The Hall–Kier alpha value is -2.18. The molecule has 1 aromatic heterocycles. The summed E-state index contributed by atoms with van der Waals surface area (Å²) >= 11 is 0. The van der Waals surface area contributed by atoms with Gasteiger partial charge >= 0.3 is 0 Å². The molecule has 0 saturated carbocycles. The van der Waals surface area contributed by atoms with Crippen LogP contribution in [0.5, 0.6) is 0 Å². The van der Waals surface area contributed by atoms with Gasteiger partial charge in [-0.05, 0) is 18.6 Å². The van der Waals surface area contributed by atoms with Gasteiger partial charge in [0.2, 0.25) is 10.0 Å². The number of sulfonamides is 1. The van der Waals surface area contributed by atoms with Gasteiger partial charge in [0.1, 0.15) is 5.82 Å². The van der Waals surface area contributed by atoms with Crippen LogP contribution >= 0.6 is 0 Å². The Balaban J connectivity index is 1.91. The van der Waals surface area contributed by atoms with E-state index in [1.807, 2.05) is 61.5 Å². The van der Waals surface area contributed by atoms with Crippen molar-refractivity contribution in [2.45, 2.75) is 19.9 Å². The van der Waals surface area contributed by atoms with Gasteiger partial charge in [-0.2, -0.15) is 0 Å². The Kier molecular flexibility index (Phi) is 4.97. The molecule has 0 fully saturated rings. The Morgan fingerprint density at radius 3 is 2.50 bits per heavy atom. The molecule has 0 saturated heterocycles. The molecule has 1 N–H and O–H groups in total. The predicted octanol–water partition coefficient (Wildman–Crippen LogP) is 3.03. The third kappa shape index (κ3) is 3.66. The largest absolute Gasteiger partial charge is 0.323 e. The lowest BCUT2D eigenvalue weighted by Gasteiger charge is -2.10. The van der Waals surface area contributed by atoms with E-state index in [4.69, 9.17) is 4.98 Å². The summed E-state index contributed by atoms with van der Waals surface area (Å²) in [6.07, 6.45) is 0.610. The summed E-state index contributed by atoms with van der Waals surface area (Å²) < 4.78 is 28.4. The minimum atomic E-state index is -3.20. The summed E-state index contributed by atoms with van der Waals surface area (Å²) in [7, 11) is -3.20. The average Bonchev–Trinajstić information content (AvgIpc) is 2.94. The quantitative estimate of drug-likeness (QED) is 0.717. The number of rotatable bonds is 7. The number of hydrogen-bond donors (Lipinski definition) is 1. The molecular weight excluding hydrogens is 322 g/mol. The maximum atomic E-state index is 11.8. The molecule has 126 valence electrons. The lowest BCUT2D eigenvalue weighted by atomic mass is 10.2. The molecule has 0 spiro atoms. The lowest BCUT2D eigenvalue weighted by molar-refractivity contribution is 0.573. The van der Waals surface area contributed by atoms with Crippen LogP contribution in [0.4, 0.5) is 0 Å². The van der Waals surface area contributed by atoms with Crippen LogP contribution in [0.25, 0.3) is 22.4 Å². The molecular formula is C18H21N3O2S. The molecule has 3 aromatic rings. The highest BCUT2D eigenvalue weighted by Gasteiger charge is 2.13. The van der Waals surface area contributed by atoms with Crippen molar-refractivity contribution in [2.75, 3.05) is 12.3 Å². The van der Waals surface area contributed by atoms with E-state index in [1.54, 1.807) is 0 Å². The summed E-state index contributed by atoms with van der Waals surface area (Å²) in [6, 6.07) is 17.9. The first kappa shape index (κ1) is 16.7. The highest BCUT2D eigenvalue weighted by Crippen LogP contribution is 2.24. The van der Waals surface area contributed by atoms with Gasteiger partial charge in [0.15, 0.2) is 0 Å². The summed E-state index contributed by atoms with van der Waals surface area (Å²) in [5.74, 6) is 1.01. The highest BCUT2D eigenvalue weighted by atomic mass is 32.2. The van der Waals surface area contributed by atoms with Crippen LogP contribution in [0, 0.1) is 0 Å². The van der Waals surface area contributed by atoms with Gasteiger partial charge in [-0.15, -0.1) is 0 Å². The SMILES string of the molecule is CCCS(=O)(=O)NCCn1c(-c2ccccc2)nc2ccccc21. The molecule has 0 aliphatic carbocycles. The van der Waals surface area contributed by atoms with Crippen LogP contribution < -0.4 is 4.72 Å². The molecule has 1 heterocycles. The topological polar surface area (TPSA) is 64.0 Å². The molecule has 0 atom stereocenters. The normalized spacial score (nSPS) is 11.9. The number of aromatic nitrogens is 2. The smallest absolute Gasteiger partial charge is 0.211 e. The Bertz CT molecular complexity index is 918. The van der Waals surface area contributed by atoms with Crippen molar-refractivity contribution in [1.82, 2.24) is 14.3 Å². The number of nitrogens with zero attached hydrogens (tertiary/aromatic N) is 2. The van der Waals surface area contributed by atoms with Crippen molar-refractivity contribution >= 4 is 21.1 Å². The maximum absolute atomic E-state index is 11.8. The van der Waals surface area contributed by atoms with Crippen molar-refractivity contribution in [3.8, 4) is 11.4 Å². The predicted molar refractivity (Wildman–Crippen MR) is 97.2 cm³/mol. The lowest BCUT2D eigenvalue weighted by Crippen LogP contribution is -2.29. The van der Waals surface area contributed by atoms with Crippen LogP contribution in [0.3, 0.4) is 0 Å². The fraction of sp³-hybridized carbons (Fsp3) is 0.278. The van der Waals surface area contributed by atoms with E-state index in [0.717, 1.165) is 22.4 Å². The number of fused-ring (bicyclic) bond motifs is 1. The summed E-state index contributed by atoms with van der Waals surface area (Å²) in [4.78, 5) is 4.72. The standard InChI is InChI=1S/C18H21N3O2S/c1-2-14-24(22,23)19-12-13-21-17-11-7-6-10-16(17)20-18(21)15-8-4-3-5-9-15/h3-11,19H,2,12-14H2,1H3. The fourth-order valence-corrected chi connectivity index (χ4v) is 3.85. The first-order valence-corrected chi connectivity index (χ1v) is 9.74. The number of hydrogen-bond acceptors (Lipinski definition) is 3. The van der Waals surface area contributed by atoms with E-state index in [-0.39, 0.29) is 5.75 Å². The highest BCUT2D eigenvalue weighted by molar-refractivity contribution is 7.89. The second-order valence-corrected chi connectivity index (χ2v) is 7.58. The zero-order valence-electron chi connectivity index (χ0n) is 13.6. The number of imidazole rings is 1. The summed E-state index contributed by atoms with van der Waals surface area (Å²) in [5.41, 5.74) is 2.93. The first-order chi connectivity index (χ1) is 11.6. The van der Waals surface area contributed by atoms with Crippen LogP contribution in [0.1, 0.15) is 13.3 Å². The van der Waals surface area contributed by atoms with Crippen LogP contribution in [0.2, 0.25) is 0 Å². The van der Waals surface area contributed by atoms with Crippen molar-refractivity contribution in [2.24, 2.45) is 0 Å². The van der Waals surface area contributed by atoms with E-state index in [2.05, 4.69) is 9.29 Å². The van der Waals surface area contributed by atoms with E-state index < -0.39 is 10.0 Å². The van der Waals surface area contributed by atoms with Crippen LogP contribution in [-0.4, -0.2) is 30.3 Å². The molecule has 0 aliphatic rings. The van der Waals surface area contributed by atoms with Crippen molar-refractivity contribution in [1.29, 1.82) is 0 Å². The summed E-state index contributed by atoms with van der Waals surface area (Å²) in [6.45, 7) is 2.74. The van der Waals surface area contributed by atoms with E-state index >= 15 is 0 Å². The molecule has 0 bridgehead atoms. The molecule has 5 nitrogen and oxygen atoms in total. The molecule has 0 unspecified atom stereocenters. The van der Waals surface area contributed by atoms with Gasteiger partial charge in [-0.1, -0.05) is 49.4 Å². The Morgan fingerprint density at radius 1 is 1.04 bits per heavy atom. The Labute approximate surface area is 142 Å². The number of benzene rings is 2. The van der Waals surface area contributed by atoms with Gasteiger partial charge in [0.05, 0.1) is 16.8 Å². The summed E-state index contributed by atoms with van der Waals surface area (Å²) in [5, 5.41) is 0. The van der Waals surface area contributed by atoms with Gasteiger partial charge in [0.25, 0.3) is 0 Å². The fourth-order valence-electron chi connectivity index (χ4n) is 2.76. The van der Waals surface area contributed by atoms with E-state index in [9.17, 15) is 8.42 Å². The van der Waals surface area contributed by atoms with Gasteiger partial charge in [0, 0.05) is 18.7 Å². The van der Waals surface area contributed by atoms with Gasteiger partial charge in [-0.3, -0.25) is 0 Å². The molecule has 0 aliphatic heterocycles. The molecule has 0 radical (unpaired) electrons. The minimum absolute atomic E-state index is 0.156. The molecule has 2 aromatic carbocycles. The third-order valence-electron chi connectivity index (χ3n) is 3.82. The second kappa shape index (κ2) is 7.15. The zero-order chi connectivity index (χ0) is 17.0. The molecule has 6 heteroatoms. The first-order valence-electron chi connectivity index (χ1n) is 8.09. The van der Waals surface area contributed by atoms with E-state index in [0.29, 0.717) is 19.5 Å². The van der Waals surface area contributed by atoms with Crippen molar-refractivity contribution in [3.05, 3.63) is 54.6 Å². The van der Waals surface area contributed by atoms with Crippen LogP contribution in [0.15, 0.2) is 54.6 Å². The van der Waals surface area contributed by atoms with Gasteiger partial charge < -0.3 is 4.57 Å². The van der Waals surface area contributed by atoms with Crippen molar-refractivity contribution < 1.29 is 8.42 Å². The molecule has 24 heavy (non-hydrogen) atoms. The monoisotopic (exact) mass is 343 g/mol.